The van der Waals surface area contributed by atoms with Gasteiger partial charge in [0.2, 0.25) is 0 Å². The lowest BCUT2D eigenvalue weighted by Gasteiger charge is -2.30. The van der Waals surface area contributed by atoms with Gasteiger partial charge in [-0.15, -0.1) is 11.3 Å². The standard InChI is InChI=1S/C19H23N3OS/c1-13-17-12-21-22-18(17)8-9-19(13)23-15-6-4-14(5-7-15)20-11-16-3-2-10-24-16/h2-3,8-10,12,14-15,20H,4-7,11H2,1H3,(H,21,22)/t14-,15+. The van der Waals surface area contributed by atoms with Crippen molar-refractivity contribution in [3.05, 3.63) is 46.3 Å². The van der Waals surface area contributed by atoms with E-state index in [1.165, 1.54) is 23.3 Å². The van der Waals surface area contributed by atoms with Crippen molar-refractivity contribution in [2.75, 3.05) is 0 Å². The van der Waals surface area contributed by atoms with Crippen LogP contribution in [-0.2, 0) is 6.54 Å². The molecule has 1 fully saturated rings. The van der Waals surface area contributed by atoms with Crippen molar-refractivity contribution in [3.63, 3.8) is 0 Å². The summed E-state index contributed by atoms with van der Waals surface area (Å²) in [5.41, 5.74) is 2.25. The average Bonchev–Trinajstić information content (AvgIpc) is 3.28. The van der Waals surface area contributed by atoms with Gasteiger partial charge >= 0.3 is 0 Å². The number of nitrogens with one attached hydrogen (secondary N) is 2. The van der Waals surface area contributed by atoms with E-state index in [4.69, 9.17) is 4.74 Å². The smallest absolute Gasteiger partial charge is 0.123 e. The Morgan fingerprint density at radius 2 is 2.12 bits per heavy atom. The predicted molar refractivity (Wildman–Crippen MR) is 98.7 cm³/mol. The fraction of sp³-hybridized carbons (Fsp3) is 0.421. The normalized spacial score (nSPS) is 21.2. The number of hydrogen-bond donors (Lipinski definition) is 2. The summed E-state index contributed by atoms with van der Waals surface area (Å²) in [7, 11) is 0. The van der Waals surface area contributed by atoms with Crippen LogP contribution in [0.1, 0.15) is 36.1 Å². The van der Waals surface area contributed by atoms with Crippen LogP contribution in [0, 0.1) is 6.92 Å². The molecular weight excluding hydrogens is 318 g/mol. The highest BCUT2D eigenvalue weighted by molar-refractivity contribution is 7.09. The molecule has 24 heavy (non-hydrogen) atoms. The summed E-state index contributed by atoms with van der Waals surface area (Å²) in [6, 6.07) is 9.05. The maximum Gasteiger partial charge on any atom is 0.123 e. The van der Waals surface area contributed by atoms with E-state index >= 15 is 0 Å². The van der Waals surface area contributed by atoms with E-state index in [2.05, 4.69) is 52.1 Å². The lowest BCUT2D eigenvalue weighted by molar-refractivity contribution is 0.139. The third kappa shape index (κ3) is 3.32. The molecule has 2 aromatic heterocycles. The number of benzene rings is 1. The Morgan fingerprint density at radius 3 is 2.92 bits per heavy atom. The monoisotopic (exact) mass is 341 g/mol. The summed E-state index contributed by atoms with van der Waals surface area (Å²) in [4.78, 5) is 1.41. The van der Waals surface area contributed by atoms with Gasteiger partial charge in [-0.05, 0) is 56.2 Å². The van der Waals surface area contributed by atoms with E-state index < -0.39 is 0 Å². The highest BCUT2D eigenvalue weighted by Gasteiger charge is 2.23. The minimum absolute atomic E-state index is 0.327. The molecule has 4 nitrogen and oxygen atoms in total. The van der Waals surface area contributed by atoms with Crippen LogP contribution < -0.4 is 10.1 Å². The van der Waals surface area contributed by atoms with Gasteiger partial charge in [-0.25, -0.2) is 0 Å². The molecule has 1 saturated carbocycles. The van der Waals surface area contributed by atoms with Crippen molar-refractivity contribution in [1.29, 1.82) is 0 Å². The number of aromatic amines is 1. The molecule has 0 spiro atoms. The first kappa shape index (κ1) is 15.7. The van der Waals surface area contributed by atoms with Gasteiger partial charge in [0.15, 0.2) is 0 Å². The molecule has 0 amide bonds. The highest BCUT2D eigenvalue weighted by atomic mass is 32.1. The maximum absolute atomic E-state index is 6.29. The molecule has 0 unspecified atom stereocenters. The van der Waals surface area contributed by atoms with Gasteiger partial charge in [0, 0.05) is 28.4 Å². The number of nitrogens with zero attached hydrogens (tertiary/aromatic N) is 1. The Hall–Kier alpha value is -1.85. The number of rotatable bonds is 5. The van der Waals surface area contributed by atoms with E-state index in [0.717, 1.165) is 36.0 Å². The summed E-state index contributed by atoms with van der Waals surface area (Å²) < 4.78 is 6.29. The van der Waals surface area contributed by atoms with Crippen molar-refractivity contribution in [2.45, 2.75) is 51.3 Å². The zero-order valence-corrected chi connectivity index (χ0v) is 14.7. The van der Waals surface area contributed by atoms with E-state index in [-0.39, 0.29) is 0 Å². The molecule has 0 saturated heterocycles. The number of aromatic nitrogens is 2. The molecule has 0 atom stereocenters. The Balaban J connectivity index is 1.31. The third-order valence-corrected chi connectivity index (χ3v) is 5.83. The predicted octanol–water partition coefficient (Wildman–Crippen LogP) is 4.41. The Morgan fingerprint density at radius 1 is 1.25 bits per heavy atom. The number of thiophene rings is 1. The Bertz CT molecular complexity index is 788. The first-order valence-corrected chi connectivity index (χ1v) is 9.52. The molecule has 1 aliphatic rings. The van der Waals surface area contributed by atoms with Gasteiger partial charge in [0.05, 0.1) is 17.8 Å². The third-order valence-electron chi connectivity index (χ3n) is 4.96. The molecule has 5 heteroatoms. The molecule has 0 bridgehead atoms. The Labute approximate surface area is 146 Å². The zero-order chi connectivity index (χ0) is 16.4. The van der Waals surface area contributed by atoms with E-state index in [1.807, 2.05) is 17.5 Å². The van der Waals surface area contributed by atoms with Crippen LogP contribution in [0.5, 0.6) is 5.75 Å². The van der Waals surface area contributed by atoms with Crippen LogP contribution in [0.25, 0.3) is 10.9 Å². The van der Waals surface area contributed by atoms with Crippen molar-refractivity contribution < 1.29 is 4.74 Å². The summed E-state index contributed by atoms with van der Waals surface area (Å²) in [5.74, 6) is 0.999. The second-order valence-corrected chi connectivity index (χ2v) is 7.60. The van der Waals surface area contributed by atoms with E-state index in [0.29, 0.717) is 12.1 Å². The molecule has 0 aliphatic heterocycles. The van der Waals surface area contributed by atoms with Gasteiger partial charge in [0.25, 0.3) is 0 Å². The van der Waals surface area contributed by atoms with Crippen molar-refractivity contribution in [2.24, 2.45) is 0 Å². The minimum Gasteiger partial charge on any atom is -0.490 e. The molecule has 4 rings (SSSR count). The summed E-state index contributed by atoms with van der Waals surface area (Å²) in [6.07, 6.45) is 6.80. The quantitative estimate of drug-likeness (QED) is 0.722. The molecular formula is C19H23N3OS. The summed E-state index contributed by atoms with van der Waals surface area (Å²) >= 11 is 1.82. The molecule has 3 aromatic rings. The maximum atomic E-state index is 6.29. The zero-order valence-electron chi connectivity index (χ0n) is 13.9. The van der Waals surface area contributed by atoms with Gasteiger partial charge < -0.3 is 10.1 Å². The SMILES string of the molecule is Cc1c(O[C@H]2CC[C@@H](NCc3cccs3)CC2)ccc2[nH]ncc12. The van der Waals surface area contributed by atoms with E-state index in [1.54, 1.807) is 0 Å². The first-order valence-electron chi connectivity index (χ1n) is 8.64. The van der Waals surface area contributed by atoms with Crippen LogP contribution in [0.15, 0.2) is 35.8 Å². The molecule has 2 heterocycles. The number of ether oxygens (including phenoxy) is 1. The van der Waals surface area contributed by atoms with Crippen molar-refractivity contribution in [3.8, 4) is 5.75 Å². The molecule has 2 N–H and O–H groups in total. The average molecular weight is 341 g/mol. The second-order valence-electron chi connectivity index (χ2n) is 6.57. The topological polar surface area (TPSA) is 49.9 Å². The van der Waals surface area contributed by atoms with Crippen LogP contribution in [0.4, 0.5) is 0 Å². The van der Waals surface area contributed by atoms with Crippen LogP contribution >= 0.6 is 11.3 Å². The van der Waals surface area contributed by atoms with Crippen molar-refractivity contribution >= 4 is 22.2 Å². The van der Waals surface area contributed by atoms with Crippen molar-refractivity contribution in [1.82, 2.24) is 15.5 Å². The lowest BCUT2D eigenvalue weighted by Crippen LogP contribution is -2.35. The molecule has 0 radical (unpaired) electrons. The first-order chi connectivity index (χ1) is 11.8. The van der Waals surface area contributed by atoms with Crippen LogP contribution in [-0.4, -0.2) is 22.3 Å². The van der Waals surface area contributed by atoms with Gasteiger partial charge in [-0.2, -0.15) is 5.10 Å². The van der Waals surface area contributed by atoms with Gasteiger partial charge in [-0.1, -0.05) is 6.07 Å². The molecule has 1 aromatic carbocycles. The van der Waals surface area contributed by atoms with Crippen LogP contribution in [0.3, 0.4) is 0 Å². The van der Waals surface area contributed by atoms with Crippen LogP contribution in [0.2, 0.25) is 0 Å². The molecule has 1 aliphatic carbocycles. The fourth-order valence-corrected chi connectivity index (χ4v) is 4.14. The largest absolute Gasteiger partial charge is 0.490 e. The molecule has 126 valence electrons. The number of aryl methyl sites for hydroxylation is 1. The van der Waals surface area contributed by atoms with Gasteiger partial charge in [-0.3, -0.25) is 5.10 Å². The number of fused-ring (bicyclic) bond motifs is 1. The van der Waals surface area contributed by atoms with E-state index in [9.17, 15) is 0 Å². The highest BCUT2D eigenvalue weighted by Crippen LogP contribution is 2.30. The minimum atomic E-state index is 0.327. The fourth-order valence-electron chi connectivity index (χ4n) is 3.49. The summed E-state index contributed by atoms with van der Waals surface area (Å²) in [5, 5.41) is 14.1. The lowest BCUT2D eigenvalue weighted by atomic mass is 9.93. The second kappa shape index (κ2) is 6.95. The number of H-pyrrole nitrogens is 1. The van der Waals surface area contributed by atoms with Gasteiger partial charge in [0.1, 0.15) is 5.75 Å². The number of hydrogen-bond acceptors (Lipinski definition) is 4. The Kier molecular flexibility index (Phi) is 4.54. The summed E-state index contributed by atoms with van der Waals surface area (Å²) in [6.45, 7) is 3.10.